The topological polar surface area (TPSA) is 131 Å². The SMILES string of the molecule is COc1ccc(NS(=O)(=O)c2ccc(NC(=O)CN3c4ccc(C)cc4-c4ccccc4S3(=O)=O)cc2)c(OC)c1. The van der Waals surface area contributed by atoms with Crippen molar-refractivity contribution in [1.29, 1.82) is 0 Å². The molecule has 1 aliphatic heterocycles. The van der Waals surface area contributed by atoms with Gasteiger partial charge in [-0.15, -0.1) is 0 Å². The van der Waals surface area contributed by atoms with Gasteiger partial charge in [0.05, 0.1) is 35.4 Å². The second-order valence-electron chi connectivity index (χ2n) is 9.27. The molecule has 4 aromatic carbocycles. The number of methoxy groups -OCH3 is 2. The Morgan fingerprint density at radius 3 is 2.32 bits per heavy atom. The molecule has 1 heterocycles. The maximum Gasteiger partial charge on any atom is 0.265 e. The molecule has 2 N–H and O–H groups in total. The van der Waals surface area contributed by atoms with Gasteiger partial charge in [0.15, 0.2) is 0 Å². The first kappa shape index (κ1) is 28.0. The van der Waals surface area contributed by atoms with Gasteiger partial charge in [0.25, 0.3) is 20.0 Å². The molecule has 41 heavy (non-hydrogen) atoms. The molecule has 0 aliphatic carbocycles. The minimum absolute atomic E-state index is 0.0483. The van der Waals surface area contributed by atoms with Crippen LogP contribution in [-0.4, -0.2) is 43.5 Å². The van der Waals surface area contributed by atoms with E-state index in [4.69, 9.17) is 9.47 Å². The molecule has 0 unspecified atom stereocenters. The zero-order valence-corrected chi connectivity index (χ0v) is 24.0. The van der Waals surface area contributed by atoms with Crippen LogP contribution in [0.25, 0.3) is 11.1 Å². The average Bonchev–Trinajstić information content (AvgIpc) is 2.96. The number of carbonyl (C=O) groups is 1. The normalized spacial score (nSPS) is 13.5. The summed E-state index contributed by atoms with van der Waals surface area (Å²) in [5, 5.41) is 2.66. The van der Waals surface area contributed by atoms with Crippen LogP contribution in [0.1, 0.15) is 5.56 Å². The highest BCUT2D eigenvalue weighted by Crippen LogP contribution is 2.43. The first-order valence-electron chi connectivity index (χ1n) is 12.4. The summed E-state index contributed by atoms with van der Waals surface area (Å²) >= 11 is 0. The van der Waals surface area contributed by atoms with Gasteiger partial charge >= 0.3 is 0 Å². The van der Waals surface area contributed by atoms with E-state index in [1.807, 2.05) is 13.0 Å². The molecule has 1 aliphatic rings. The highest BCUT2D eigenvalue weighted by atomic mass is 32.2. The zero-order chi connectivity index (χ0) is 29.4. The first-order chi connectivity index (χ1) is 19.5. The molecule has 0 radical (unpaired) electrons. The van der Waals surface area contributed by atoms with Crippen molar-refractivity contribution >= 4 is 43.0 Å². The van der Waals surface area contributed by atoms with E-state index in [2.05, 4.69) is 10.0 Å². The highest BCUT2D eigenvalue weighted by Gasteiger charge is 2.35. The summed E-state index contributed by atoms with van der Waals surface area (Å²) in [6, 6.07) is 22.3. The number of benzene rings is 4. The maximum atomic E-state index is 13.5. The lowest BCUT2D eigenvalue weighted by atomic mass is 10.0. The molecule has 12 heteroatoms. The summed E-state index contributed by atoms with van der Waals surface area (Å²) in [6.45, 7) is 1.45. The summed E-state index contributed by atoms with van der Waals surface area (Å²) < 4.78 is 66.9. The number of hydrogen-bond acceptors (Lipinski definition) is 7. The minimum Gasteiger partial charge on any atom is -0.497 e. The number of ether oxygens (including phenoxy) is 2. The second-order valence-corrected chi connectivity index (χ2v) is 12.8. The van der Waals surface area contributed by atoms with Gasteiger partial charge in [-0.05, 0) is 61.5 Å². The lowest BCUT2D eigenvalue weighted by Crippen LogP contribution is -2.40. The van der Waals surface area contributed by atoms with Crippen LogP contribution in [0.4, 0.5) is 17.1 Å². The molecule has 0 saturated carbocycles. The van der Waals surface area contributed by atoms with E-state index < -0.39 is 32.5 Å². The van der Waals surface area contributed by atoms with Crippen LogP contribution in [0, 0.1) is 6.92 Å². The number of rotatable bonds is 8. The zero-order valence-electron chi connectivity index (χ0n) is 22.4. The molecular formula is C29H27N3O7S2. The van der Waals surface area contributed by atoms with E-state index >= 15 is 0 Å². The smallest absolute Gasteiger partial charge is 0.265 e. The molecule has 212 valence electrons. The molecule has 1 amide bonds. The minimum atomic E-state index is -4.00. The number of aryl methyl sites for hydroxylation is 1. The highest BCUT2D eigenvalue weighted by molar-refractivity contribution is 7.93. The third kappa shape index (κ3) is 5.43. The van der Waals surface area contributed by atoms with Gasteiger partial charge in [0.2, 0.25) is 5.91 Å². The fourth-order valence-electron chi connectivity index (χ4n) is 4.55. The number of carbonyl (C=O) groups excluding carboxylic acids is 1. The number of hydrogen-bond donors (Lipinski definition) is 2. The van der Waals surface area contributed by atoms with Crippen molar-refractivity contribution in [2.75, 3.05) is 35.1 Å². The number of nitrogens with one attached hydrogen (secondary N) is 2. The van der Waals surface area contributed by atoms with Crippen molar-refractivity contribution in [1.82, 2.24) is 0 Å². The number of amides is 1. The van der Waals surface area contributed by atoms with Crippen LogP contribution in [0.15, 0.2) is 94.7 Å². The average molecular weight is 594 g/mol. The molecule has 5 rings (SSSR count). The van der Waals surface area contributed by atoms with Crippen molar-refractivity contribution in [3.63, 3.8) is 0 Å². The van der Waals surface area contributed by atoms with Gasteiger partial charge in [0.1, 0.15) is 18.0 Å². The Balaban J connectivity index is 1.34. The van der Waals surface area contributed by atoms with E-state index in [9.17, 15) is 21.6 Å². The van der Waals surface area contributed by atoms with Gasteiger partial charge in [-0.2, -0.15) is 0 Å². The Morgan fingerprint density at radius 1 is 0.878 bits per heavy atom. The molecule has 0 aromatic heterocycles. The van der Waals surface area contributed by atoms with Crippen molar-refractivity contribution in [3.05, 3.63) is 90.5 Å². The number of anilines is 3. The summed E-state index contributed by atoms with van der Waals surface area (Å²) in [5.41, 5.74) is 3.20. The van der Waals surface area contributed by atoms with Crippen molar-refractivity contribution in [2.24, 2.45) is 0 Å². The molecule has 4 aromatic rings. The lowest BCUT2D eigenvalue weighted by molar-refractivity contribution is -0.114. The summed E-state index contributed by atoms with van der Waals surface area (Å²) in [6.07, 6.45) is 0. The van der Waals surface area contributed by atoms with Gasteiger partial charge in [-0.25, -0.2) is 16.8 Å². The summed E-state index contributed by atoms with van der Waals surface area (Å²) in [4.78, 5) is 13.1. The Kier molecular flexibility index (Phi) is 7.37. The van der Waals surface area contributed by atoms with E-state index in [1.54, 1.807) is 42.5 Å². The molecule has 0 bridgehead atoms. The monoisotopic (exact) mass is 593 g/mol. The van der Waals surface area contributed by atoms with E-state index in [-0.39, 0.29) is 21.2 Å². The Labute approximate surface area is 238 Å². The quantitative estimate of drug-likeness (QED) is 0.305. The predicted molar refractivity (Wildman–Crippen MR) is 157 cm³/mol. The van der Waals surface area contributed by atoms with Crippen LogP contribution in [0.5, 0.6) is 11.5 Å². The van der Waals surface area contributed by atoms with E-state index in [0.717, 1.165) is 15.4 Å². The van der Waals surface area contributed by atoms with Crippen LogP contribution in [0.3, 0.4) is 0 Å². The Hall–Kier alpha value is -4.55. The largest absolute Gasteiger partial charge is 0.497 e. The van der Waals surface area contributed by atoms with Crippen molar-refractivity contribution in [2.45, 2.75) is 16.7 Å². The Bertz CT molecular complexity index is 1860. The van der Waals surface area contributed by atoms with Crippen LogP contribution in [0.2, 0.25) is 0 Å². The Morgan fingerprint density at radius 2 is 1.61 bits per heavy atom. The predicted octanol–water partition coefficient (Wildman–Crippen LogP) is 4.63. The fourth-order valence-corrected chi connectivity index (χ4v) is 7.27. The lowest BCUT2D eigenvalue weighted by Gasteiger charge is -2.31. The van der Waals surface area contributed by atoms with Crippen LogP contribution < -0.4 is 23.8 Å². The van der Waals surface area contributed by atoms with Gasteiger partial charge in [-0.1, -0.05) is 29.8 Å². The molecule has 0 fully saturated rings. The van der Waals surface area contributed by atoms with Crippen LogP contribution >= 0.6 is 0 Å². The second kappa shape index (κ2) is 10.8. The van der Waals surface area contributed by atoms with Crippen molar-refractivity contribution in [3.8, 4) is 22.6 Å². The molecular weight excluding hydrogens is 566 g/mol. The summed E-state index contributed by atoms with van der Waals surface area (Å²) in [5.74, 6) is 0.199. The molecule has 0 spiro atoms. The van der Waals surface area contributed by atoms with E-state index in [0.29, 0.717) is 22.7 Å². The number of fused-ring (bicyclic) bond motifs is 3. The van der Waals surface area contributed by atoms with Gasteiger partial charge < -0.3 is 14.8 Å². The molecule has 0 atom stereocenters. The number of nitrogens with zero attached hydrogens (tertiary/aromatic N) is 1. The molecule has 10 nitrogen and oxygen atoms in total. The molecule has 0 saturated heterocycles. The maximum absolute atomic E-state index is 13.5. The summed E-state index contributed by atoms with van der Waals surface area (Å²) in [7, 11) is -5.08. The van der Waals surface area contributed by atoms with Gasteiger partial charge in [0, 0.05) is 22.9 Å². The third-order valence-electron chi connectivity index (χ3n) is 6.55. The van der Waals surface area contributed by atoms with Crippen LogP contribution in [-0.2, 0) is 24.8 Å². The van der Waals surface area contributed by atoms with Gasteiger partial charge in [-0.3, -0.25) is 13.8 Å². The standard InChI is InChI=1S/C29H27N3O7S2/c1-19-8-15-26-24(16-19)23-6-4-5-7-28(23)41(36,37)32(26)18-29(33)30-20-9-12-22(13-10-20)40(34,35)31-25-14-11-21(38-2)17-27(25)39-3/h4-17,31H,18H2,1-3H3,(H,30,33). The number of sulfonamides is 2. The van der Waals surface area contributed by atoms with Crippen molar-refractivity contribution < 1.29 is 31.1 Å². The fraction of sp³-hybridized carbons (Fsp3) is 0.138. The van der Waals surface area contributed by atoms with E-state index in [1.165, 1.54) is 50.6 Å². The first-order valence-corrected chi connectivity index (χ1v) is 15.3. The third-order valence-corrected chi connectivity index (χ3v) is 9.75.